The van der Waals surface area contributed by atoms with Gasteiger partial charge in [-0.25, -0.2) is 0 Å². The molecule has 0 heterocycles. The normalized spacial score (nSPS) is 9.75. The molecule has 1 aromatic carbocycles. The van der Waals surface area contributed by atoms with E-state index in [-0.39, 0.29) is 0 Å². The van der Waals surface area contributed by atoms with E-state index in [1.807, 2.05) is 0 Å². The number of hydrogen-bond donors (Lipinski definition) is 1. The molecule has 0 saturated carbocycles. The van der Waals surface area contributed by atoms with Crippen LogP contribution in [0.1, 0.15) is 12.0 Å². The first kappa shape index (κ1) is 9.07. The first-order valence-electron chi connectivity index (χ1n) is 3.72. The van der Waals surface area contributed by atoms with Gasteiger partial charge in [0.05, 0.1) is 0 Å². The quantitative estimate of drug-likeness (QED) is 0.576. The molecule has 0 aliphatic carbocycles. The summed E-state index contributed by atoms with van der Waals surface area (Å²) in [6.07, 6.45) is 1.95. The third kappa shape index (κ3) is 1.98. The summed E-state index contributed by atoms with van der Waals surface area (Å²) in [6.45, 7) is 0. The van der Waals surface area contributed by atoms with Crippen molar-refractivity contribution >= 4 is 23.6 Å². The number of halogens is 1. The fraction of sp³-hybridized carbons (Fsp3) is 0.222. The molecule has 12 heavy (non-hydrogen) atoms. The summed E-state index contributed by atoms with van der Waals surface area (Å²) in [5.74, 6) is 0. The molecule has 0 fully saturated rings. The zero-order valence-corrected chi connectivity index (χ0v) is 7.34. The Kier molecular flexibility index (Phi) is 3.11. The van der Waals surface area contributed by atoms with Crippen LogP contribution in [0.25, 0.3) is 0 Å². The monoisotopic (exact) mass is 183 g/mol. The van der Waals surface area contributed by atoms with E-state index in [1.54, 1.807) is 18.2 Å². The van der Waals surface area contributed by atoms with E-state index < -0.39 is 0 Å². The van der Waals surface area contributed by atoms with Crippen LogP contribution >= 0.6 is 11.6 Å². The number of anilines is 1. The molecule has 2 nitrogen and oxygen atoms in total. The number of nitrogens with two attached hydrogens (primary N) is 1. The lowest BCUT2D eigenvalue weighted by atomic mass is 10.1. The largest absolute Gasteiger partial charge is 0.398 e. The fourth-order valence-corrected chi connectivity index (χ4v) is 1.32. The first-order valence-corrected chi connectivity index (χ1v) is 4.10. The molecule has 1 aromatic rings. The van der Waals surface area contributed by atoms with Gasteiger partial charge in [-0.3, -0.25) is 0 Å². The number of carbonyl (C=O) groups excluding carboxylic acids is 1. The summed E-state index contributed by atoms with van der Waals surface area (Å²) >= 11 is 5.87. The standard InChI is InChI=1S/C9H10ClNO/c10-8-4-1-5-9(11)7(8)3-2-6-12/h1,4-6H,2-3,11H2. The van der Waals surface area contributed by atoms with Gasteiger partial charge in [0, 0.05) is 17.1 Å². The minimum Gasteiger partial charge on any atom is -0.398 e. The molecule has 0 spiro atoms. The van der Waals surface area contributed by atoms with E-state index >= 15 is 0 Å². The van der Waals surface area contributed by atoms with Gasteiger partial charge in [-0.1, -0.05) is 17.7 Å². The van der Waals surface area contributed by atoms with Gasteiger partial charge in [0.15, 0.2) is 0 Å². The molecule has 64 valence electrons. The molecular weight excluding hydrogens is 174 g/mol. The van der Waals surface area contributed by atoms with Crippen LogP contribution in [0.2, 0.25) is 5.02 Å². The summed E-state index contributed by atoms with van der Waals surface area (Å²) in [5.41, 5.74) is 7.19. The number of hydrogen-bond acceptors (Lipinski definition) is 2. The Morgan fingerprint density at radius 1 is 1.50 bits per heavy atom. The summed E-state index contributed by atoms with van der Waals surface area (Å²) in [4.78, 5) is 10.1. The van der Waals surface area contributed by atoms with Gasteiger partial charge in [-0.05, 0) is 24.1 Å². The number of benzene rings is 1. The maximum Gasteiger partial charge on any atom is 0.120 e. The molecule has 0 radical (unpaired) electrons. The zero-order valence-electron chi connectivity index (χ0n) is 6.59. The van der Waals surface area contributed by atoms with Gasteiger partial charge in [-0.2, -0.15) is 0 Å². The highest BCUT2D eigenvalue weighted by molar-refractivity contribution is 6.31. The highest BCUT2D eigenvalue weighted by atomic mass is 35.5. The highest BCUT2D eigenvalue weighted by Crippen LogP contribution is 2.22. The van der Waals surface area contributed by atoms with Crippen molar-refractivity contribution in [2.45, 2.75) is 12.8 Å². The molecule has 0 bridgehead atoms. The van der Waals surface area contributed by atoms with Crippen LogP contribution in [0.3, 0.4) is 0 Å². The Labute approximate surface area is 76.3 Å². The Morgan fingerprint density at radius 2 is 2.25 bits per heavy atom. The van der Waals surface area contributed by atoms with Gasteiger partial charge in [-0.15, -0.1) is 0 Å². The predicted molar refractivity (Wildman–Crippen MR) is 50.2 cm³/mol. The lowest BCUT2D eigenvalue weighted by Gasteiger charge is -2.04. The van der Waals surface area contributed by atoms with Gasteiger partial charge >= 0.3 is 0 Å². The second-order valence-electron chi connectivity index (χ2n) is 2.51. The topological polar surface area (TPSA) is 43.1 Å². The second kappa shape index (κ2) is 4.12. The summed E-state index contributed by atoms with van der Waals surface area (Å²) in [6, 6.07) is 5.35. The Hall–Kier alpha value is -1.02. The lowest BCUT2D eigenvalue weighted by Crippen LogP contribution is -1.95. The van der Waals surface area contributed by atoms with E-state index in [9.17, 15) is 4.79 Å². The Morgan fingerprint density at radius 3 is 2.83 bits per heavy atom. The average Bonchev–Trinajstić information content (AvgIpc) is 2.04. The summed E-state index contributed by atoms with van der Waals surface area (Å²) < 4.78 is 0. The average molecular weight is 184 g/mol. The zero-order chi connectivity index (χ0) is 8.97. The maximum absolute atomic E-state index is 10.1. The SMILES string of the molecule is Nc1cccc(Cl)c1CCC=O. The predicted octanol–water partition coefficient (Wildman–Crippen LogP) is 2.05. The third-order valence-electron chi connectivity index (χ3n) is 1.67. The lowest BCUT2D eigenvalue weighted by molar-refractivity contribution is -0.107. The summed E-state index contributed by atoms with van der Waals surface area (Å²) in [7, 11) is 0. The minimum absolute atomic E-state index is 0.466. The second-order valence-corrected chi connectivity index (χ2v) is 2.92. The van der Waals surface area contributed by atoms with Crippen LogP contribution in [0, 0.1) is 0 Å². The van der Waals surface area contributed by atoms with Crippen molar-refractivity contribution in [1.29, 1.82) is 0 Å². The Balaban J connectivity index is 2.88. The van der Waals surface area contributed by atoms with E-state index in [2.05, 4.69) is 0 Å². The fourth-order valence-electron chi connectivity index (χ4n) is 1.04. The molecule has 0 saturated heterocycles. The van der Waals surface area contributed by atoms with Crippen LogP contribution in [0.5, 0.6) is 0 Å². The van der Waals surface area contributed by atoms with Crippen LogP contribution < -0.4 is 5.73 Å². The van der Waals surface area contributed by atoms with Crippen LogP contribution in [-0.4, -0.2) is 6.29 Å². The van der Waals surface area contributed by atoms with Crippen LogP contribution in [0.4, 0.5) is 5.69 Å². The third-order valence-corrected chi connectivity index (χ3v) is 2.02. The van der Waals surface area contributed by atoms with Crippen molar-refractivity contribution in [2.75, 3.05) is 5.73 Å². The molecular formula is C9H10ClNO. The van der Waals surface area contributed by atoms with Gasteiger partial charge in [0.25, 0.3) is 0 Å². The van der Waals surface area contributed by atoms with E-state index in [0.717, 1.165) is 11.8 Å². The molecule has 2 N–H and O–H groups in total. The van der Waals surface area contributed by atoms with Crippen molar-refractivity contribution in [3.05, 3.63) is 28.8 Å². The van der Waals surface area contributed by atoms with Gasteiger partial charge < -0.3 is 10.5 Å². The minimum atomic E-state index is 0.466. The maximum atomic E-state index is 10.1. The van der Waals surface area contributed by atoms with Crippen molar-refractivity contribution in [3.63, 3.8) is 0 Å². The number of aldehydes is 1. The number of rotatable bonds is 3. The van der Waals surface area contributed by atoms with Crippen molar-refractivity contribution in [2.24, 2.45) is 0 Å². The molecule has 3 heteroatoms. The smallest absolute Gasteiger partial charge is 0.120 e. The molecule has 0 unspecified atom stereocenters. The van der Waals surface area contributed by atoms with Gasteiger partial charge in [0.1, 0.15) is 6.29 Å². The molecule has 0 aliphatic rings. The van der Waals surface area contributed by atoms with Crippen LogP contribution in [0.15, 0.2) is 18.2 Å². The van der Waals surface area contributed by atoms with Crippen molar-refractivity contribution < 1.29 is 4.79 Å². The first-order chi connectivity index (χ1) is 5.75. The Bertz CT molecular complexity index is 266. The molecule has 0 atom stereocenters. The number of carbonyl (C=O) groups is 1. The summed E-state index contributed by atoms with van der Waals surface area (Å²) in [5, 5.41) is 0.636. The molecule has 0 aromatic heterocycles. The van der Waals surface area contributed by atoms with Crippen LogP contribution in [-0.2, 0) is 11.2 Å². The molecule has 0 aliphatic heterocycles. The molecule has 0 amide bonds. The highest BCUT2D eigenvalue weighted by Gasteiger charge is 2.02. The van der Waals surface area contributed by atoms with Crippen molar-refractivity contribution in [3.8, 4) is 0 Å². The molecule has 1 rings (SSSR count). The van der Waals surface area contributed by atoms with Gasteiger partial charge in [0.2, 0.25) is 0 Å². The van der Waals surface area contributed by atoms with E-state index in [0.29, 0.717) is 23.6 Å². The van der Waals surface area contributed by atoms with E-state index in [4.69, 9.17) is 17.3 Å². The number of nitrogen functional groups attached to an aromatic ring is 1. The van der Waals surface area contributed by atoms with Crippen molar-refractivity contribution in [1.82, 2.24) is 0 Å². The van der Waals surface area contributed by atoms with E-state index in [1.165, 1.54) is 0 Å².